The Morgan fingerprint density at radius 1 is 1.29 bits per heavy atom. The van der Waals surface area contributed by atoms with Crippen LogP contribution in [0.4, 0.5) is 4.39 Å². The van der Waals surface area contributed by atoms with Crippen molar-refractivity contribution in [1.29, 1.82) is 0 Å². The average Bonchev–Trinajstić information content (AvgIpc) is 3.13. The highest BCUT2D eigenvalue weighted by Gasteiger charge is 2.57. The van der Waals surface area contributed by atoms with Crippen molar-refractivity contribution in [1.82, 2.24) is 5.32 Å². The number of carbonyl (C=O) groups excluding carboxylic acids is 1. The molecule has 1 aromatic heterocycles. The number of fused-ring (bicyclic) bond motifs is 3. The van der Waals surface area contributed by atoms with Crippen LogP contribution >= 0.6 is 11.3 Å². The van der Waals surface area contributed by atoms with E-state index in [0.29, 0.717) is 40.5 Å². The van der Waals surface area contributed by atoms with Gasteiger partial charge in [0.2, 0.25) is 0 Å². The van der Waals surface area contributed by atoms with E-state index in [-0.39, 0.29) is 24.2 Å². The van der Waals surface area contributed by atoms with E-state index < -0.39 is 5.97 Å². The molecule has 6 heteroatoms. The molecule has 1 amide bonds. The predicted octanol–water partition coefficient (Wildman–Crippen LogP) is 6.02. The summed E-state index contributed by atoms with van der Waals surface area (Å²) in [7, 11) is 0. The van der Waals surface area contributed by atoms with Gasteiger partial charge in [0.25, 0.3) is 5.91 Å². The summed E-state index contributed by atoms with van der Waals surface area (Å²) in [6.45, 7) is 4.67. The van der Waals surface area contributed by atoms with Gasteiger partial charge in [-0.15, -0.1) is 11.3 Å². The molecule has 2 aromatic rings. The fraction of sp³-hybridized carbons (Fsp3) is 0.520. The second-order valence-electron chi connectivity index (χ2n) is 9.62. The highest BCUT2D eigenvalue weighted by atomic mass is 32.1. The first-order valence-corrected chi connectivity index (χ1v) is 12.0. The third-order valence-electron chi connectivity index (χ3n) is 7.55. The maximum atomic E-state index is 13.7. The molecule has 0 saturated heterocycles. The zero-order valence-corrected chi connectivity index (χ0v) is 18.9. The Morgan fingerprint density at radius 2 is 2.10 bits per heavy atom. The average molecular weight is 444 g/mol. The molecule has 5 rings (SSSR count). The molecule has 31 heavy (non-hydrogen) atoms. The summed E-state index contributed by atoms with van der Waals surface area (Å²) < 4.78 is 14.6. The number of halogens is 1. The van der Waals surface area contributed by atoms with Crippen LogP contribution in [0.3, 0.4) is 0 Å². The monoisotopic (exact) mass is 443 g/mol. The SMILES string of the molecule is CC1(C)[C@@H]2C[C@H](NC(=O)c3csc4ccc(F)cc34)[C@H](C/C=C\CCCC(=O)O)[C@H]1C2. The summed E-state index contributed by atoms with van der Waals surface area (Å²) in [5, 5.41) is 14.6. The Morgan fingerprint density at radius 3 is 2.84 bits per heavy atom. The van der Waals surface area contributed by atoms with E-state index in [0.717, 1.165) is 24.0 Å². The molecule has 3 aliphatic carbocycles. The molecule has 4 nitrogen and oxygen atoms in total. The third-order valence-corrected chi connectivity index (χ3v) is 8.51. The van der Waals surface area contributed by atoms with Gasteiger partial charge in [0.15, 0.2) is 0 Å². The van der Waals surface area contributed by atoms with Crippen LogP contribution in [0.5, 0.6) is 0 Å². The standard InChI is InChI=1S/C25H30FNO3S/c1-25(2)15-11-20(25)17(7-5-3-4-6-8-23(28)29)21(12-15)27-24(30)19-14-31-22-10-9-16(26)13-18(19)22/h3,5,9-10,13-15,17,20-21H,4,6-8,11-12H2,1-2H3,(H,27,30)(H,28,29)/b5-3-/t15-,17+,20+,21-/m0/s1. The lowest BCUT2D eigenvalue weighted by molar-refractivity contribution is -0.137. The molecular weight excluding hydrogens is 413 g/mol. The third kappa shape index (κ3) is 4.40. The van der Waals surface area contributed by atoms with Crippen molar-refractivity contribution in [2.24, 2.45) is 23.2 Å². The quantitative estimate of drug-likeness (QED) is 0.387. The van der Waals surface area contributed by atoms with E-state index in [4.69, 9.17) is 5.11 Å². The Balaban J connectivity index is 1.45. The molecule has 2 N–H and O–H groups in total. The summed E-state index contributed by atoms with van der Waals surface area (Å²) in [5.41, 5.74) is 0.849. The fourth-order valence-corrected chi connectivity index (χ4v) is 6.53. The number of rotatable bonds is 8. The first-order valence-electron chi connectivity index (χ1n) is 11.1. The lowest BCUT2D eigenvalue weighted by Gasteiger charge is -2.62. The van der Waals surface area contributed by atoms with Gasteiger partial charge in [0.1, 0.15) is 5.82 Å². The Hall–Kier alpha value is -2.21. The molecular formula is C25H30FNO3S. The van der Waals surface area contributed by atoms with Gasteiger partial charge in [0, 0.05) is 27.9 Å². The van der Waals surface area contributed by atoms with Gasteiger partial charge in [-0.2, -0.15) is 0 Å². The number of allylic oxidation sites excluding steroid dienone is 2. The molecule has 0 unspecified atom stereocenters. The van der Waals surface area contributed by atoms with Crippen molar-refractivity contribution in [3.05, 3.63) is 47.1 Å². The van der Waals surface area contributed by atoms with Crippen LogP contribution in [0, 0.1) is 29.0 Å². The first-order chi connectivity index (χ1) is 14.8. The van der Waals surface area contributed by atoms with E-state index >= 15 is 0 Å². The number of hydrogen-bond donors (Lipinski definition) is 2. The van der Waals surface area contributed by atoms with Crippen molar-refractivity contribution in [3.8, 4) is 0 Å². The summed E-state index contributed by atoms with van der Waals surface area (Å²) in [6, 6.07) is 4.70. The summed E-state index contributed by atoms with van der Waals surface area (Å²) >= 11 is 1.47. The minimum absolute atomic E-state index is 0.108. The highest BCUT2D eigenvalue weighted by Crippen LogP contribution is 2.62. The molecule has 0 spiro atoms. The number of carboxylic acid groups (broad SMARTS) is 1. The van der Waals surface area contributed by atoms with Gasteiger partial charge in [-0.25, -0.2) is 4.39 Å². The van der Waals surface area contributed by atoms with E-state index in [2.05, 4.69) is 31.3 Å². The van der Waals surface area contributed by atoms with Crippen LogP contribution < -0.4 is 5.32 Å². The Kier molecular flexibility index (Phi) is 6.20. The van der Waals surface area contributed by atoms with E-state index in [9.17, 15) is 14.0 Å². The van der Waals surface area contributed by atoms with Crippen LogP contribution in [0.15, 0.2) is 35.7 Å². The molecule has 2 bridgehead atoms. The lowest BCUT2D eigenvalue weighted by atomic mass is 9.44. The van der Waals surface area contributed by atoms with Crippen molar-refractivity contribution < 1.29 is 19.1 Å². The molecule has 3 saturated carbocycles. The van der Waals surface area contributed by atoms with Gasteiger partial charge in [-0.1, -0.05) is 26.0 Å². The maximum Gasteiger partial charge on any atom is 0.303 e. The first kappa shape index (κ1) is 22.0. The predicted molar refractivity (Wildman–Crippen MR) is 122 cm³/mol. The number of nitrogens with one attached hydrogen (secondary N) is 1. The molecule has 3 fully saturated rings. The second kappa shape index (κ2) is 8.73. The van der Waals surface area contributed by atoms with Gasteiger partial charge in [-0.3, -0.25) is 9.59 Å². The largest absolute Gasteiger partial charge is 0.481 e. The van der Waals surface area contributed by atoms with Crippen LogP contribution in [0.25, 0.3) is 10.1 Å². The summed E-state index contributed by atoms with van der Waals surface area (Å²) in [6.07, 6.45) is 8.92. The fourth-order valence-electron chi connectivity index (χ4n) is 5.60. The number of benzene rings is 1. The van der Waals surface area contributed by atoms with Crippen LogP contribution in [0.1, 0.15) is 62.7 Å². The maximum absolute atomic E-state index is 13.7. The number of unbranched alkanes of at least 4 members (excludes halogenated alkanes) is 1. The van der Waals surface area contributed by atoms with Crippen molar-refractivity contribution in [2.45, 2.75) is 58.4 Å². The minimum Gasteiger partial charge on any atom is -0.481 e. The normalized spacial score (nSPS) is 26.7. The van der Waals surface area contributed by atoms with E-state index in [1.807, 2.05) is 5.38 Å². The number of aliphatic carboxylic acids is 1. The molecule has 1 heterocycles. The molecule has 4 atom stereocenters. The summed E-state index contributed by atoms with van der Waals surface area (Å²) in [4.78, 5) is 23.8. The molecule has 0 radical (unpaired) electrons. The van der Waals surface area contributed by atoms with Gasteiger partial charge in [-0.05, 0) is 73.5 Å². The van der Waals surface area contributed by atoms with Crippen LogP contribution in [-0.4, -0.2) is 23.0 Å². The number of hydrogen-bond acceptors (Lipinski definition) is 3. The zero-order valence-electron chi connectivity index (χ0n) is 18.1. The van der Waals surface area contributed by atoms with Crippen molar-refractivity contribution in [3.63, 3.8) is 0 Å². The second-order valence-corrected chi connectivity index (χ2v) is 10.5. The molecule has 3 aliphatic rings. The lowest BCUT2D eigenvalue weighted by Crippen LogP contribution is -2.61. The number of carbonyl (C=O) groups is 2. The smallest absolute Gasteiger partial charge is 0.303 e. The Labute approximate surface area is 186 Å². The van der Waals surface area contributed by atoms with Crippen LogP contribution in [-0.2, 0) is 4.79 Å². The van der Waals surface area contributed by atoms with Crippen molar-refractivity contribution in [2.75, 3.05) is 0 Å². The highest BCUT2D eigenvalue weighted by molar-refractivity contribution is 7.17. The van der Waals surface area contributed by atoms with Crippen LogP contribution in [0.2, 0.25) is 0 Å². The summed E-state index contributed by atoms with van der Waals surface area (Å²) in [5.74, 6) is 0.350. The molecule has 0 aliphatic heterocycles. The van der Waals surface area contributed by atoms with E-state index in [1.165, 1.54) is 29.9 Å². The molecule has 1 aromatic carbocycles. The minimum atomic E-state index is -0.758. The number of thiophene rings is 1. The van der Waals surface area contributed by atoms with Gasteiger partial charge >= 0.3 is 5.97 Å². The zero-order chi connectivity index (χ0) is 22.2. The Bertz CT molecular complexity index is 1010. The molecule has 166 valence electrons. The van der Waals surface area contributed by atoms with Gasteiger partial charge < -0.3 is 10.4 Å². The van der Waals surface area contributed by atoms with Gasteiger partial charge in [0.05, 0.1) is 5.56 Å². The van der Waals surface area contributed by atoms with Crippen molar-refractivity contribution >= 4 is 33.3 Å². The number of amides is 1. The number of carboxylic acids is 1. The topological polar surface area (TPSA) is 66.4 Å². The van der Waals surface area contributed by atoms with E-state index in [1.54, 1.807) is 6.07 Å².